The summed E-state index contributed by atoms with van der Waals surface area (Å²) >= 11 is 0. The van der Waals surface area contributed by atoms with Gasteiger partial charge in [-0.1, -0.05) is 18.2 Å². The number of benzene rings is 2. The minimum absolute atomic E-state index is 0.288. The first-order valence-corrected chi connectivity index (χ1v) is 6.31. The molecule has 0 aliphatic rings. The number of fused-ring (bicyclic) bond motifs is 1. The zero-order valence-electron chi connectivity index (χ0n) is 11.0. The zero-order valence-corrected chi connectivity index (χ0v) is 11.0. The Morgan fingerprint density at radius 3 is 2.80 bits per heavy atom. The van der Waals surface area contributed by atoms with Gasteiger partial charge in [0.25, 0.3) is 0 Å². The molecule has 3 N–H and O–H groups in total. The van der Waals surface area contributed by atoms with E-state index in [1.54, 1.807) is 24.4 Å². The van der Waals surface area contributed by atoms with Gasteiger partial charge in [0.15, 0.2) is 0 Å². The van der Waals surface area contributed by atoms with E-state index < -0.39 is 0 Å². The highest BCUT2D eigenvalue weighted by atomic mass is 19.1. The molecule has 0 aliphatic carbocycles. The normalized spacial score (nSPS) is 10.7. The predicted molar refractivity (Wildman–Crippen MR) is 80.6 cm³/mol. The van der Waals surface area contributed by atoms with Gasteiger partial charge in [0.2, 0.25) is 0 Å². The number of aromatic nitrogens is 1. The van der Waals surface area contributed by atoms with Gasteiger partial charge in [-0.3, -0.25) is 4.98 Å². The molecule has 0 saturated heterocycles. The van der Waals surface area contributed by atoms with E-state index in [2.05, 4.69) is 10.3 Å². The molecular formula is C16H14FN3. The first-order valence-electron chi connectivity index (χ1n) is 6.31. The van der Waals surface area contributed by atoms with E-state index in [-0.39, 0.29) is 5.82 Å². The van der Waals surface area contributed by atoms with Crippen molar-refractivity contribution in [1.29, 1.82) is 0 Å². The monoisotopic (exact) mass is 267 g/mol. The molecule has 2 aromatic carbocycles. The van der Waals surface area contributed by atoms with Gasteiger partial charge in [0.05, 0.1) is 16.9 Å². The number of anilines is 3. The van der Waals surface area contributed by atoms with Gasteiger partial charge in [0.1, 0.15) is 5.82 Å². The summed E-state index contributed by atoms with van der Waals surface area (Å²) in [4.78, 5) is 4.26. The van der Waals surface area contributed by atoms with E-state index in [0.29, 0.717) is 16.9 Å². The Hall–Kier alpha value is -2.62. The molecule has 20 heavy (non-hydrogen) atoms. The lowest BCUT2D eigenvalue weighted by Gasteiger charge is -2.11. The van der Waals surface area contributed by atoms with Crippen molar-refractivity contribution in [3.8, 4) is 0 Å². The van der Waals surface area contributed by atoms with Crippen LogP contribution in [0, 0.1) is 12.7 Å². The highest BCUT2D eigenvalue weighted by Crippen LogP contribution is 2.29. The number of hydrogen-bond acceptors (Lipinski definition) is 3. The third kappa shape index (κ3) is 2.16. The highest BCUT2D eigenvalue weighted by Gasteiger charge is 2.07. The van der Waals surface area contributed by atoms with Gasteiger partial charge >= 0.3 is 0 Å². The summed E-state index contributed by atoms with van der Waals surface area (Å²) in [5.74, 6) is -0.288. The van der Waals surface area contributed by atoms with Crippen molar-refractivity contribution >= 4 is 28.0 Å². The minimum atomic E-state index is -0.288. The number of hydrogen-bond donors (Lipinski definition) is 2. The smallest absolute Gasteiger partial charge is 0.146 e. The van der Waals surface area contributed by atoms with Crippen LogP contribution in [-0.4, -0.2) is 4.98 Å². The van der Waals surface area contributed by atoms with Crippen LogP contribution in [0.25, 0.3) is 10.9 Å². The second-order valence-electron chi connectivity index (χ2n) is 4.71. The number of halogens is 1. The predicted octanol–water partition coefficient (Wildman–Crippen LogP) is 4.01. The van der Waals surface area contributed by atoms with Crippen molar-refractivity contribution < 1.29 is 4.39 Å². The van der Waals surface area contributed by atoms with Crippen LogP contribution in [-0.2, 0) is 0 Å². The maximum Gasteiger partial charge on any atom is 0.146 e. The summed E-state index contributed by atoms with van der Waals surface area (Å²) in [6.07, 6.45) is 1.66. The van der Waals surface area contributed by atoms with E-state index in [1.807, 2.05) is 25.1 Å². The molecule has 0 atom stereocenters. The SMILES string of the molecule is Cc1ccc(F)c(Nc2ccnc3c(N)cccc23)c1. The summed E-state index contributed by atoms with van der Waals surface area (Å²) in [7, 11) is 0. The molecule has 0 unspecified atom stereocenters. The maximum absolute atomic E-state index is 13.8. The van der Waals surface area contributed by atoms with Crippen LogP contribution >= 0.6 is 0 Å². The molecule has 0 amide bonds. The number of nitrogen functional groups attached to an aromatic ring is 1. The van der Waals surface area contributed by atoms with Crippen molar-refractivity contribution in [2.75, 3.05) is 11.1 Å². The van der Waals surface area contributed by atoms with E-state index in [9.17, 15) is 4.39 Å². The van der Waals surface area contributed by atoms with Crippen molar-refractivity contribution in [2.45, 2.75) is 6.92 Å². The summed E-state index contributed by atoms with van der Waals surface area (Å²) < 4.78 is 13.8. The Bertz CT molecular complexity index is 784. The lowest BCUT2D eigenvalue weighted by molar-refractivity contribution is 0.631. The molecule has 0 saturated carbocycles. The summed E-state index contributed by atoms with van der Waals surface area (Å²) in [6, 6.07) is 12.3. The second-order valence-corrected chi connectivity index (χ2v) is 4.71. The zero-order chi connectivity index (χ0) is 14.1. The Morgan fingerprint density at radius 2 is 1.95 bits per heavy atom. The van der Waals surface area contributed by atoms with Gasteiger partial charge < -0.3 is 11.1 Å². The first-order chi connectivity index (χ1) is 9.65. The summed E-state index contributed by atoms with van der Waals surface area (Å²) in [5.41, 5.74) is 9.45. The van der Waals surface area contributed by atoms with E-state index in [0.717, 1.165) is 16.6 Å². The lowest BCUT2D eigenvalue weighted by Crippen LogP contribution is -1.97. The molecule has 1 aromatic heterocycles. The lowest BCUT2D eigenvalue weighted by atomic mass is 10.1. The van der Waals surface area contributed by atoms with Gasteiger partial charge in [-0.25, -0.2) is 4.39 Å². The number of para-hydroxylation sites is 1. The molecule has 1 heterocycles. The number of pyridine rings is 1. The van der Waals surface area contributed by atoms with Crippen molar-refractivity contribution in [1.82, 2.24) is 4.98 Å². The molecule has 3 aromatic rings. The van der Waals surface area contributed by atoms with Crippen LogP contribution in [0.3, 0.4) is 0 Å². The average molecular weight is 267 g/mol. The number of nitrogens with zero attached hydrogens (tertiary/aromatic N) is 1. The average Bonchev–Trinajstić information content (AvgIpc) is 2.44. The van der Waals surface area contributed by atoms with Gasteiger partial charge in [0, 0.05) is 17.3 Å². The quantitative estimate of drug-likeness (QED) is 0.690. The largest absolute Gasteiger partial charge is 0.397 e. The Balaban J connectivity index is 2.11. The molecule has 3 rings (SSSR count). The first kappa shape index (κ1) is 12.4. The van der Waals surface area contributed by atoms with E-state index >= 15 is 0 Å². The van der Waals surface area contributed by atoms with Crippen LogP contribution in [0.2, 0.25) is 0 Å². The molecule has 3 nitrogen and oxygen atoms in total. The topological polar surface area (TPSA) is 50.9 Å². The number of nitrogens with one attached hydrogen (secondary N) is 1. The van der Waals surface area contributed by atoms with E-state index in [4.69, 9.17) is 5.73 Å². The molecule has 0 spiro atoms. The standard InChI is InChI=1S/C16H14FN3/c1-10-5-6-12(17)15(9-10)20-14-7-8-19-16-11(14)3-2-4-13(16)18/h2-9H,18H2,1H3,(H,19,20). The van der Waals surface area contributed by atoms with E-state index in [1.165, 1.54) is 6.07 Å². The molecule has 4 heteroatoms. The van der Waals surface area contributed by atoms with Crippen molar-refractivity contribution in [3.63, 3.8) is 0 Å². The highest BCUT2D eigenvalue weighted by molar-refractivity contribution is 5.98. The minimum Gasteiger partial charge on any atom is -0.397 e. The fourth-order valence-corrected chi connectivity index (χ4v) is 2.19. The molecule has 0 fully saturated rings. The summed E-state index contributed by atoms with van der Waals surface area (Å²) in [5, 5.41) is 3.98. The van der Waals surface area contributed by atoms with Gasteiger partial charge in [-0.05, 0) is 36.8 Å². The van der Waals surface area contributed by atoms with Crippen molar-refractivity contribution in [3.05, 3.63) is 60.0 Å². The molecular weight excluding hydrogens is 253 g/mol. The van der Waals surface area contributed by atoms with Crippen LogP contribution in [0.15, 0.2) is 48.7 Å². The number of rotatable bonds is 2. The summed E-state index contributed by atoms with van der Waals surface area (Å²) in [6.45, 7) is 1.92. The van der Waals surface area contributed by atoms with Crippen LogP contribution in [0.1, 0.15) is 5.56 Å². The van der Waals surface area contributed by atoms with Gasteiger partial charge in [-0.15, -0.1) is 0 Å². The fourth-order valence-electron chi connectivity index (χ4n) is 2.19. The molecule has 100 valence electrons. The molecule has 0 bridgehead atoms. The van der Waals surface area contributed by atoms with Crippen LogP contribution < -0.4 is 11.1 Å². The Morgan fingerprint density at radius 1 is 1.10 bits per heavy atom. The molecule has 0 aliphatic heterocycles. The van der Waals surface area contributed by atoms with Crippen LogP contribution in [0.4, 0.5) is 21.5 Å². The number of aryl methyl sites for hydroxylation is 1. The Labute approximate surface area is 116 Å². The van der Waals surface area contributed by atoms with Crippen molar-refractivity contribution in [2.24, 2.45) is 0 Å². The third-order valence-electron chi connectivity index (χ3n) is 3.19. The fraction of sp³-hybridized carbons (Fsp3) is 0.0625. The number of nitrogens with two attached hydrogens (primary N) is 1. The van der Waals surface area contributed by atoms with Gasteiger partial charge in [-0.2, -0.15) is 0 Å². The second kappa shape index (κ2) is 4.81. The Kier molecular flexibility index (Phi) is 2.99. The maximum atomic E-state index is 13.8. The third-order valence-corrected chi connectivity index (χ3v) is 3.19. The van der Waals surface area contributed by atoms with Crippen LogP contribution in [0.5, 0.6) is 0 Å². The molecule has 0 radical (unpaired) electrons.